The van der Waals surface area contributed by atoms with Gasteiger partial charge in [0.1, 0.15) is 6.10 Å². The van der Waals surface area contributed by atoms with Crippen molar-refractivity contribution in [3.8, 4) is 0 Å². The molecule has 3 aromatic heterocycles. The van der Waals surface area contributed by atoms with Crippen LogP contribution in [0.4, 0.5) is 0 Å². The molecule has 0 spiro atoms. The van der Waals surface area contributed by atoms with Crippen LogP contribution < -0.4 is 0 Å². The van der Waals surface area contributed by atoms with Crippen molar-refractivity contribution in [1.82, 2.24) is 9.97 Å². The summed E-state index contributed by atoms with van der Waals surface area (Å²) in [6.45, 7) is 0. The molecule has 1 unspecified atom stereocenters. The number of pyridine rings is 1. The second-order valence-corrected chi connectivity index (χ2v) is 4.43. The molecule has 3 rings (SSSR count). The Bertz CT molecular complexity index is 567. The lowest BCUT2D eigenvalue weighted by atomic mass is 10.1. The SMILES string of the molecule is OC(c1ccsc1)c1cc2ccncc2[nH]1. The Morgan fingerprint density at radius 1 is 1.38 bits per heavy atom. The Labute approximate surface area is 96.4 Å². The number of hydrogen-bond donors (Lipinski definition) is 2. The summed E-state index contributed by atoms with van der Waals surface area (Å²) in [5, 5.41) is 15.1. The molecule has 0 aliphatic carbocycles. The maximum absolute atomic E-state index is 10.1. The van der Waals surface area contributed by atoms with Gasteiger partial charge in [-0.05, 0) is 34.5 Å². The van der Waals surface area contributed by atoms with Gasteiger partial charge in [0, 0.05) is 17.3 Å². The molecule has 0 bridgehead atoms. The lowest BCUT2D eigenvalue weighted by Gasteiger charge is -2.05. The first-order chi connectivity index (χ1) is 7.84. The third-order valence-electron chi connectivity index (χ3n) is 2.60. The maximum Gasteiger partial charge on any atom is 0.120 e. The van der Waals surface area contributed by atoms with Gasteiger partial charge in [-0.1, -0.05) is 0 Å². The number of aromatic nitrogens is 2. The molecule has 80 valence electrons. The number of nitrogens with one attached hydrogen (secondary N) is 1. The predicted molar refractivity (Wildman–Crippen MR) is 64.5 cm³/mol. The van der Waals surface area contributed by atoms with E-state index in [-0.39, 0.29) is 0 Å². The second kappa shape index (κ2) is 3.73. The molecular formula is C12H10N2OS. The first-order valence-electron chi connectivity index (χ1n) is 4.97. The number of rotatable bonds is 2. The highest BCUT2D eigenvalue weighted by Gasteiger charge is 2.13. The highest BCUT2D eigenvalue weighted by molar-refractivity contribution is 7.07. The van der Waals surface area contributed by atoms with E-state index in [0.717, 1.165) is 22.2 Å². The lowest BCUT2D eigenvalue weighted by molar-refractivity contribution is 0.217. The quantitative estimate of drug-likeness (QED) is 0.711. The first kappa shape index (κ1) is 9.57. The zero-order chi connectivity index (χ0) is 11.0. The number of aliphatic hydroxyl groups is 1. The molecule has 3 heterocycles. The van der Waals surface area contributed by atoms with Crippen LogP contribution in [0.2, 0.25) is 0 Å². The topological polar surface area (TPSA) is 48.9 Å². The molecule has 0 amide bonds. The van der Waals surface area contributed by atoms with Crippen molar-refractivity contribution in [2.75, 3.05) is 0 Å². The number of fused-ring (bicyclic) bond motifs is 1. The number of thiophene rings is 1. The van der Waals surface area contributed by atoms with Crippen molar-refractivity contribution in [2.45, 2.75) is 6.10 Å². The maximum atomic E-state index is 10.1. The van der Waals surface area contributed by atoms with Crippen molar-refractivity contribution >= 4 is 22.2 Å². The van der Waals surface area contributed by atoms with Crippen LogP contribution in [0.1, 0.15) is 17.4 Å². The molecule has 0 saturated heterocycles. The summed E-state index contributed by atoms with van der Waals surface area (Å²) in [6.07, 6.45) is 2.93. The molecule has 2 N–H and O–H groups in total. The number of hydrogen-bond acceptors (Lipinski definition) is 3. The van der Waals surface area contributed by atoms with E-state index >= 15 is 0 Å². The number of aliphatic hydroxyl groups excluding tert-OH is 1. The molecule has 0 aliphatic rings. The van der Waals surface area contributed by atoms with Gasteiger partial charge in [0.15, 0.2) is 0 Å². The molecule has 3 aromatic rings. The zero-order valence-electron chi connectivity index (χ0n) is 8.42. The number of H-pyrrole nitrogens is 1. The van der Waals surface area contributed by atoms with Crippen LogP contribution in [0.5, 0.6) is 0 Å². The third-order valence-corrected chi connectivity index (χ3v) is 3.30. The summed E-state index contributed by atoms with van der Waals surface area (Å²) < 4.78 is 0. The highest BCUT2D eigenvalue weighted by atomic mass is 32.1. The fourth-order valence-corrected chi connectivity index (χ4v) is 2.43. The van der Waals surface area contributed by atoms with Gasteiger partial charge in [-0.3, -0.25) is 4.98 Å². The van der Waals surface area contributed by atoms with Crippen molar-refractivity contribution in [1.29, 1.82) is 0 Å². The van der Waals surface area contributed by atoms with E-state index in [2.05, 4.69) is 9.97 Å². The van der Waals surface area contributed by atoms with Crippen LogP contribution in [-0.2, 0) is 0 Å². The van der Waals surface area contributed by atoms with Crippen LogP contribution >= 0.6 is 11.3 Å². The van der Waals surface area contributed by atoms with Crippen LogP contribution in [0.25, 0.3) is 10.9 Å². The lowest BCUT2D eigenvalue weighted by Crippen LogP contribution is -1.97. The van der Waals surface area contributed by atoms with Crippen LogP contribution in [0, 0.1) is 0 Å². The first-order valence-corrected chi connectivity index (χ1v) is 5.91. The molecule has 0 aromatic carbocycles. The van der Waals surface area contributed by atoms with Gasteiger partial charge < -0.3 is 10.1 Å². The average molecular weight is 230 g/mol. The average Bonchev–Trinajstić information content (AvgIpc) is 2.97. The van der Waals surface area contributed by atoms with Gasteiger partial charge >= 0.3 is 0 Å². The van der Waals surface area contributed by atoms with Crippen LogP contribution in [-0.4, -0.2) is 15.1 Å². The van der Waals surface area contributed by atoms with Crippen LogP contribution in [0.15, 0.2) is 41.4 Å². The van der Waals surface area contributed by atoms with Gasteiger partial charge in [0.25, 0.3) is 0 Å². The fraction of sp³-hybridized carbons (Fsp3) is 0.0833. The van der Waals surface area contributed by atoms with Gasteiger partial charge in [-0.25, -0.2) is 0 Å². The Hall–Kier alpha value is -1.65. The second-order valence-electron chi connectivity index (χ2n) is 3.65. The minimum Gasteiger partial charge on any atom is -0.382 e. The Balaban J connectivity index is 2.06. The molecular weight excluding hydrogens is 220 g/mol. The summed E-state index contributed by atoms with van der Waals surface area (Å²) in [4.78, 5) is 7.21. The molecule has 3 nitrogen and oxygen atoms in total. The van der Waals surface area contributed by atoms with Crippen molar-refractivity contribution < 1.29 is 5.11 Å². The minimum atomic E-state index is -0.585. The molecule has 0 fully saturated rings. The van der Waals surface area contributed by atoms with E-state index in [4.69, 9.17) is 0 Å². The van der Waals surface area contributed by atoms with E-state index in [0.29, 0.717) is 0 Å². The Morgan fingerprint density at radius 3 is 3.06 bits per heavy atom. The van der Waals surface area contributed by atoms with Gasteiger partial charge in [0.2, 0.25) is 0 Å². The van der Waals surface area contributed by atoms with Crippen LogP contribution in [0.3, 0.4) is 0 Å². The number of nitrogens with zero attached hydrogens (tertiary/aromatic N) is 1. The molecule has 1 atom stereocenters. The van der Waals surface area contributed by atoms with Gasteiger partial charge in [-0.2, -0.15) is 11.3 Å². The summed E-state index contributed by atoms with van der Waals surface area (Å²) in [5.41, 5.74) is 2.68. The molecule has 16 heavy (non-hydrogen) atoms. The summed E-state index contributed by atoms with van der Waals surface area (Å²) in [7, 11) is 0. The van der Waals surface area contributed by atoms with E-state index < -0.39 is 6.10 Å². The molecule has 0 aliphatic heterocycles. The van der Waals surface area contributed by atoms with Gasteiger partial charge in [0.05, 0.1) is 11.7 Å². The smallest absolute Gasteiger partial charge is 0.120 e. The summed E-state index contributed by atoms with van der Waals surface area (Å²) >= 11 is 1.58. The summed E-state index contributed by atoms with van der Waals surface area (Å²) in [5.74, 6) is 0. The monoisotopic (exact) mass is 230 g/mol. The third kappa shape index (κ3) is 1.52. The van der Waals surface area contributed by atoms with E-state index in [1.54, 1.807) is 23.7 Å². The van der Waals surface area contributed by atoms with E-state index in [1.165, 1.54) is 0 Å². The number of aromatic amines is 1. The van der Waals surface area contributed by atoms with Crippen molar-refractivity contribution in [3.05, 3.63) is 52.6 Å². The largest absolute Gasteiger partial charge is 0.382 e. The Morgan fingerprint density at radius 2 is 2.31 bits per heavy atom. The zero-order valence-corrected chi connectivity index (χ0v) is 9.24. The van der Waals surface area contributed by atoms with E-state index in [1.807, 2.05) is 29.0 Å². The molecule has 0 radical (unpaired) electrons. The van der Waals surface area contributed by atoms with E-state index in [9.17, 15) is 5.11 Å². The summed E-state index contributed by atoms with van der Waals surface area (Å²) in [6, 6.07) is 5.81. The fourth-order valence-electron chi connectivity index (χ4n) is 1.75. The normalized spacial score (nSPS) is 13.1. The standard InChI is InChI=1S/C12H10N2OS/c15-12(9-2-4-16-7-9)10-5-8-1-3-13-6-11(8)14-10/h1-7,12,14-15H. The minimum absolute atomic E-state index is 0.585. The predicted octanol–water partition coefficient (Wildman–Crippen LogP) is 2.71. The highest BCUT2D eigenvalue weighted by Crippen LogP contribution is 2.25. The van der Waals surface area contributed by atoms with Crippen molar-refractivity contribution in [2.24, 2.45) is 0 Å². The van der Waals surface area contributed by atoms with Gasteiger partial charge in [-0.15, -0.1) is 0 Å². The van der Waals surface area contributed by atoms with Crippen molar-refractivity contribution in [3.63, 3.8) is 0 Å². The molecule has 0 saturated carbocycles. The Kier molecular flexibility index (Phi) is 2.23. The molecule has 4 heteroatoms.